The van der Waals surface area contributed by atoms with Gasteiger partial charge in [-0.25, -0.2) is 4.79 Å². The number of thiophene rings is 1. The highest BCUT2D eigenvalue weighted by atomic mass is 32.1. The van der Waals surface area contributed by atoms with Gasteiger partial charge in [0.2, 0.25) is 5.91 Å². The summed E-state index contributed by atoms with van der Waals surface area (Å²) in [5.41, 5.74) is 0.303. The van der Waals surface area contributed by atoms with E-state index >= 15 is 0 Å². The van der Waals surface area contributed by atoms with Crippen LogP contribution in [0.4, 0.5) is 0 Å². The molecule has 0 bridgehead atoms. The molecule has 0 radical (unpaired) electrons. The Morgan fingerprint density at radius 3 is 2.88 bits per heavy atom. The summed E-state index contributed by atoms with van der Waals surface area (Å²) in [4.78, 5) is 24.6. The number of hydrogen-bond acceptors (Lipinski definition) is 6. The molecule has 9 heteroatoms. The van der Waals surface area contributed by atoms with Gasteiger partial charge in [0.25, 0.3) is 0 Å². The van der Waals surface area contributed by atoms with Gasteiger partial charge >= 0.3 is 5.69 Å². The Hall–Kier alpha value is -3.20. The summed E-state index contributed by atoms with van der Waals surface area (Å²) in [5, 5.41) is 13.8. The Morgan fingerprint density at radius 1 is 1.27 bits per heavy atom. The summed E-state index contributed by atoms with van der Waals surface area (Å²) < 4.78 is 7.94. The highest BCUT2D eigenvalue weighted by Gasteiger charge is 2.17. The van der Waals surface area contributed by atoms with Crippen molar-refractivity contribution in [3.63, 3.8) is 0 Å². The molecule has 4 aromatic rings. The van der Waals surface area contributed by atoms with Gasteiger partial charge in [0.15, 0.2) is 0 Å². The van der Waals surface area contributed by atoms with E-state index in [0.29, 0.717) is 10.8 Å². The third-order valence-electron chi connectivity index (χ3n) is 3.90. The van der Waals surface area contributed by atoms with Crippen molar-refractivity contribution in [2.45, 2.75) is 19.5 Å². The first-order valence-electron chi connectivity index (χ1n) is 7.96. The fourth-order valence-electron chi connectivity index (χ4n) is 2.61. The molecule has 0 fully saturated rings. The minimum absolute atomic E-state index is 0.214. The fraction of sp³-hybridized carbons (Fsp3) is 0.176. The molecule has 0 saturated carbocycles. The lowest BCUT2D eigenvalue weighted by atomic mass is 10.2. The van der Waals surface area contributed by atoms with Gasteiger partial charge in [0.05, 0.1) is 6.04 Å². The number of amides is 1. The summed E-state index contributed by atoms with van der Waals surface area (Å²) in [6.45, 7) is 1.61. The van der Waals surface area contributed by atoms with Crippen molar-refractivity contribution in [1.29, 1.82) is 0 Å². The highest BCUT2D eigenvalue weighted by Crippen LogP contribution is 2.23. The lowest BCUT2D eigenvalue weighted by Crippen LogP contribution is -2.34. The maximum absolute atomic E-state index is 12.3. The maximum atomic E-state index is 12.3. The molecule has 4 rings (SSSR count). The number of tetrazole rings is 1. The van der Waals surface area contributed by atoms with E-state index in [0.717, 1.165) is 15.7 Å². The number of carbonyl (C=O) groups excluding carboxylic acids is 1. The van der Waals surface area contributed by atoms with Crippen molar-refractivity contribution in [1.82, 2.24) is 25.1 Å². The van der Waals surface area contributed by atoms with E-state index in [1.54, 1.807) is 6.07 Å². The van der Waals surface area contributed by atoms with E-state index in [9.17, 15) is 9.59 Å². The SMILES string of the molecule is C[C@H](NC(=O)Cn1nnn(-c2cccs2)c1=O)c1cc2ccccc2o1. The van der Waals surface area contributed by atoms with Crippen LogP contribution >= 0.6 is 11.3 Å². The minimum Gasteiger partial charge on any atom is -0.459 e. The average molecular weight is 369 g/mol. The van der Waals surface area contributed by atoms with Crippen molar-refractivity contribution in [3.8, 4) is 5.00 Å². The van der Waals surface area contributed by atoms with Crippen molar-refractivity contribution in [3.05, 3.63) is 64.1 Å². The van der Waals surface area contributed by atoms with Crippen LogP contribution in [-0.4, -0.2) is 25.7 Å². The second-order valence-electron chi connectivity index (χ2n) is 5.76. The lowest BCUT2D eigenvalue weighted by Gasteiger charge is -2.10. The molecular weight excluding hydrogens is 354 g/mol. The van der Waals surface area contributed by atoms with Crippen LogP contribution in [0, 0.1) is 0 Å². The number of hydrogen-bond donors (Lipinski definition) is 1. The fourth-order valence-corrected chi connectivity index (χ4v) is 3.28. The zero-order valence-corrected chi connectivity index (χ0v) is 14.6. The Balaban J connectivity index is 1.46. The van der Waals surface area contributed by atoms with Crippen LogP contribution in [0.5, 0.6) is 0 Å². The number of benzene rings is 1. The van der Waals surface area contributed by atoms with Crippen LogP contribution in [0.25, 0.3) is 16.0 Å². The number of aromatic nitrogens is 4. The Kier molecular flexibility index (Phi) is 4.13. The third-order valence-corrected chi connectivity index (χ3v) is 4.74. The van der Waals surface area contributed by atoms with Crippen LogP contribution in [0.1, 0.15) is 18.7 Å². The van der Waals surface area contributed by atoms with Crippen LogP contribution < -0.4 is 11.0 Å². The number of carbonyl (C=O) groups is 1. The highest BCUT2D eigenvalue weighted by molar-refractivity contribution is 7.12. The summed E-state index contributed by atoms with van der Waals surface area (Å²) in [6, 6.07) is 12.8. The maximum Gasteiger partial charge on any atom is 0.369 e. The molecule has 0 saturated heterocycles. The Morgan fingerprint density at radius 2 is 2.12 bits per heavy atom. The number of nitrogens with zero attached hydrogens (tertiary/aromatic N) is 4. The quantitative estimate of drug-likeness (QED) is 0.581. The first-order valence-corrected chi connectivity index (χ1v) is 8.84. The molecule has 3 aromatic heterocycles. The molecule has 1 N–H and O–H groups in total. The molecule has 0 aliphatic rings. The van der Waals surface area contributed by atoms with Crippen LogP contribution in [0.2, 0.25) is 0 Å². The van der Waals surface area contributed by atoms with Crippen LogP contribution in [0.15, 0.2) is 57.1 Å². The zero-order chi connectivity index (χ0) is 18.1. The molecule has 0 aliphatic carbocycles. The smallest absolute Gasteiger partial charge is 0.369 e. The largest absolute Gasteiger partial charge is 0.459 e. The molecule has 0 aliphatic heterocycles. The molecule has 0 unspecified atom stereocenters. The first kappa shape index (κ1) is 16.3. The number of para-hydroxylation sites is 1. The summed E-state index contributed by atoms with van der Waals surface area (Å²) in [7, 11) is 0. The number of fused-ring (bicyclic) bond motifs is 1. The molecule has 0 spiro atoms. The molecule has 1 aromatic carbocycles. The van der Waals surface area contributed by atoms with Gasteiger partial charge in [0, 0.05) is 5.39 Å². The predicted octanol–water partition coefficient (Wildman–Crippen LogP) is 2.11. The second-order valence-corrected chi connectivity index (χ2v) is 6.68. The topological polar surface area (TPSA) is 95.0 Å². The molecule has 1 atom stereocenters. The second kappa shape index (κ2) is 6.60. The Labute approximate surface area is 151 Å². The average Bonchev–Trinajstić information content (AvgIpc) is 3.35. The zero-order valence-electron chi connectivity index (χ0n) is 13.8. The van der Waals surface area contributed by atoms with Crippen molar-refractivity contribution < 1.29 is 9.21 Å². The van der Waals surface area contributed by atoms with E-state index in [1.807, 2.05) is 48.7 Å². The molecule has 26 heavy (non-hydrogen) atoms. The summed E-state index contributed by atoms with van der Waals surface area (Å²) in [6.07, 6.45) is 0. The standard InChI is InChI=1S/C17H15N5O3S/c1-11(14-9-12-5-2-3-6-13(12)25-14)18-15(23)10-21-17(24)22(20-19-21)16-7-4-8-26-16/h2-9,11H,10H2,1H3,(H,18,23)/t11-/m0/s1. The van der Waals surface area contributed by atoms with Crippen molar-refractivity contribution in [2.75, 3.05) is 0 Å². The van der Waals surface area contributed by atoms with Gasteiger partial charge in [-0.1, -0.05) is 18.2 Å². The minimum atomic E-state index is -0.459. The van der Waals surface area contributed by atoms with E-state index in [-0.39, 0.29) is 18.5 Å². The predicted molar refractivity (Wildman–Crippen MR) is 96.3 cm³/mol. The number of furan rings is 1. The van der Waals surface area contributed by atoms with Gasteiger partial charge in [-0.05, 0) is 47.0 Å². The van der Waals surface area contributed by atoms with Crippen molar-refractivity contribution >= 4 is 28.2 Å². The third kappa shape index (κ3) is 3.04. The van der Waals surface area contributed by atoms with E-state index in [2.05, 4.69) is 15.7 Å². The van der Waals surface area contributed by atoms with Gasteiger partial charge in [0.1, 0.15) is 22.9 Å². The normalized spacial score (nSPS) is 12.3. The lowest BCUT2D eigenvalue weighted by molar-refractivity contribution is -0.122. The van der Waals surface area contributed by atoms with Gasteiger partial charge in [-0.2, -0.15) is 9.36 Å². The molecule has 132 valence electrons. The summed E-state index contributed by atoms with van der Waals surface area (Å²) >= 11 is 1.37. The van der Waals surface area contributed by atoms with Gasteiger partial charge < -0.3 is 9.73 Å². The van der Waals surface area contributed by atoms with E-state index < -0.39 is 5.69 Å². The van der Waals surface area contributed by atoms with Crippen molar-refractivity contribution in [2.24, 2.45) is 0 Å². The number of nitrogens with one attached hydrogen (secondary N) is 1. The van der Waals surface area contributed by atoms with E-state index in [1.165, 1.54) is 16.0 Å². The van der Waals surface area contributed by atoms with E-state index in [4.69, 9.17) is 4.42 Å². The van der Waals surface area contributed by atoms with Gasteiger partial charge in [-0.15, -0.1) is 11.3 Å². The molecule has 1 amide bonds. The monoisotopic (exact) mass is 369 g/mol. The van der Waals surface area contributed by atoms with Gasteiger partial charge in [-0.3, -0.25) is 4.79 Å². The first-order chi connectivity index (χ1) is 12.6. The molecular formula is C17H15N5O3S. The Bertz CT molecular complexity index is 1080. The molecule has 8 nitrogen and oxygen atoms in total. The summed E-state index contributed by atoms with van der Waals surface area (Å²) in [5.74, 6) is 0.299. The van der Waals surface area contributed by atoms with Crippen LogP contribution in [0.3, 0.4) is 0 Å². The number of rotatable bonds is 5. The van der Waals surface area contributed by atoms with Crippen LogP contribution in [-0.2, 0) is 11.3 Å². The molecule has 3 heterocycles.